The molecule has 106 valence electrons. The first-order valence-corrected chi connectivity index (χ1v) is 7.73. The Kier molecular flexibility index (Phi) is 3.41. The average Bonchev–Trinajstić information content (AvgIpc) is 2.69. The van der Waals surface area contributed by atoms with Crippen molar-refractivity contribution in [2.24, 2.45) is 11.8 Å². The summed E-state index contributed by atoms with van der Waals surface area (Å²) in [4.78, 5) is 40.6. The van der Waals surface area contributed by atoms with E-state index in [1.807, 2.05) is 0 Å². The van der Waals surface area contributed by atoms with Crippen LogP contribution in [0.3, 0.4) is 0 Å². The first kappa shape index (κ1) is 13.4. The van der Waals surface area contributed by atoms with Crippen LogP contribution in [-0.4, -0.2) is 22.5 Å². The number of amides is 1. The van der Waals surface area contributed by atoms with E-state index in [4.69, 9.17) is 0 Å². The summed E-state index contributed by atoms with van der Waals surface area (Å²) >= 11 is 1.19. The molecule has 0 bridgehead atoms. The van der Waals surface area contributed by atoms with Gasteiger partial charge in [0.15, 0.2) is 10.9 Å². The number of carbonyl (C=O) groups is 3. The Morgan fingerprint density at radius 1 is 1.30 bits per heavy atom. The minimum Gasteiger partial charge on any atom is -0.302 e. The van der Waals surface area contributed by atoms with Crippen LogP contribution >= 0.6 is 11.3 Å². The largest absolute Gasteiger partial charge is 0.302 e. The molecule has 0 saturated heterocycles. The van der Waals surface area contributed by atoms with Crippen LogP contribution < -0.4 is 5.32 Å². The van der Waals surface area contributed by atoms with Crippen LogP contribution in [-0.2, 0) is 16.0 Å². The molecule has 0 radical (unpaired) electrons. The van der Waals surface area contributed by atoms with E-state index >= 15 is 0 Å². The highest BCUT2D eigenvalue weighted by molar-refractivity contribution is 7.17. The third-order valence-electron chi connectivity index (χ3n) is 4.04. The van der Waals surface area contributed by atoms with Gasteiger partial charge >= 0.3 is 0 Å². The highest BCUT2D eigenvalue weighted by atomic mass is 32.1. The van der Waals surface area contributed by atoms with Crippen molar-refractivity contribution in [3.63, 3.8) is 0 Å². The molecule has 1 saturated carbocycles. The summed E-state index contributed by atoms with van der Waals surface area (Å²) in [6.07, 6.45) is 4.14. The number of thiazole rings is 1. The lowest BCUT2D eigenvalue weighted by Gasteiger charge is -2.28. The number of ketones is 2. The van der Waals surface area contributed by atoms with Gasteiger partial charge in [-0.2, -0.15) is 0 Å². The number of fused-ring (bicyclic) bond motifs is 1. The number of hydrogen-bond donors (Lipinski definition) is 1. The van der Waals surface area contributed by atoms with E-state index < -0.39 is 5.92 Å². The summed E-state index contributed by atoms with van der Waals surface area (Å²) in [5.41, 5.74) is 0.724. The number of Topliss-reactive ketones (excluding diaryl/α,β-unsaturated/α-hetero) is 2. The molecule has 1 amide bonds. The quantitative estimate of drug-likeness (QED) is 0.867. The molecule has 1 aromatic rings. The van der Waals surface area contributed by atoms with E-state index in [2.05, 4.69) is 10.3 Å². The smallest absolute Gasteiger partial charge is 0.223 e. The Hall–Kier alpha value is -1.56. The van der Waals surface area contributed by atoms with Gasteiger partial charge in [0, 0.05) is 12.8 Å². The van der Waals surface area contributed by atoms with E-state index in [0.717, 1.165) is 25.0 Å². The summed E-state index contributed by atoms with van der Waals surface area (Å²) in [6, 6.07) is 0. The van der Waals surface area contributed by atoms with Gasteiger partial charge < -0.3 is 5.32 Å². The fourth-order valence-electron chi connectivity index (χ4n) is 2.74. The number of nitrogens with one attached hydrogen (secondary N) is 1. The van der Waals surface area contributed by atoms with Crippen LogP contribution in [0.15, 0.2) is 0 Å². The van der Waals surface area contributed by atoms with Crippen molar-refractivity contribution in [2.45, 2.75) is 39.0 Å². The topological polar surface area (TPSA) is 76.1 Å². The molecule has 6 heteroatoms. The van der Waals surface area contributed by atoms with Gasteiger partial charge in [0.2, 0.25) is 5.91 Å². The van der Waals surface area contributed by atoms with Crippen molar-refractivity contribution < 1.29 is 14.4 Å². The molecule has 2 aliphatic carbocycles. The van der Waals surface area contributed by atoms with Crippen LogP contribution in [0.5, 0.6) is 0 Å². The van der Waals surface area contributed by atoms with E-state index in [-0.39, 0.29) is 23.4 Å². The lowest BCUT2D eigenvalue weighted by Crippen LogP contribution is -2.35. The lowest BCUT2D eigenvalue weighted by atomic mass is 9.74. The monoisotopic (exact) mass is 292 g/mol. The highest BCUT2D eigenvalue weighted by Gasteiger charge is 2.39. The molecule has 1 atom stereocenters. The zero-order valence-corrected chi connectivity index (χ0v) is 12.1. The number of aryl methyl sites for hydroxylation is 1. The van der Waals surface area contributed by atoms with Gasteiger partial charge in [0.25, 0.3) is 0 Å². The molecule has 3 rings (SSSR count). The van der Waals surface area contributed by atoms with Crippen LogP contribution in [0.1, 0.15) is 48.0 Å². The third kappa shape index (κ3) is 2.28. The molecular weight excluding hydrogens is 276 g/mol. The first-order valence-electron chi connectivity index (χ1n) is 6.91. The maximum absolute atomic E-state index is 12.4. The van der Waals surface area contributed by atoms with E-state index in [1.54, 1.807) is 0 Å². The molecular formula is C14H16N2O3S. The number of hydrogen-bond acceptors (Lipinski definition) is 5. The lowest BCUT2D eigenvalue weighted by molar-refractivity contribution is -0.128. The molecule has 20 heavy (non-hydrogen) atoms. The fraction of sp³-hybridized carbons (Fsp3) is 0.571. The van der Waals surface area contributed by atoms with Gasteiger partial charge in [0.1, 0.15) is 5.78 Å². The van der Waals surface area contributed by atoms with E-state index in [0.29, 0.717) is 22.9 Å². The van der Waals surface area contributed by atoms with Crippen molar-refractivity contribution in [1.29, 1.82) is 0 Å². The van der Waals surface area contributed by atoms with Gasteiger partial charge in [-0.05, 0) is 25.7 Å². The molecule has 1 N–H and O–H groups in total. The third-order valence-corrected chi connectivity index (χ3v) is 5.07. The fourth-order valence-corrected chi connectivity index (χ4v) is 3.79. The molecule has 2 aliphatic rings. The molecule has 1 fully saturated rings. The summed E-state index contributed by atoms with van der Waals surface area (Å²) in [6.45, 7) is 1.41. The molecule has 0 spiro atoms. The summed E-state index contributed by atoms with van der Waals surface area (Å²) < 4.78 is 0. The Balaban J connectivity index is 1.81. The Morgan fingerprint density at radius 2 is 2.05 bits per heavy atom. The van der Waals surface area contributed by atoms with Gasteiger partial charge in [0.05, 0.1) is 16.5 Å². The van der Waals surface area contributed by atoms with Crippen LogP contribution in [0.25, 0.3) is 0 Å². The minimum atomic E-state index is -0.488. The van der Waals surface area contributed by atoms with Crippen molar-refractivity contribution in [3.05, 3.63) is 10.6 Å². The van der Waals surface area contributed by atoms with Crippen molar-refractivity contribution >= 4 is 33.9 Å². The zero-order chi connectivity index (χ0) is 14.3. The van der Waals surface area contributed by atoms with Gasteiger partial charge in [-0.15, -0.1) is 0 Å². The maximum Gasteiger partial charge on any atom is 0.223 e. The second kappa shape index (κ2) is 5.09. The van der Waals surface area contributed by atoms with Gasteiger partial charge in [-0.25, -0.2) is 4.98 Å². The van der Waals surface area contributed by atoms with Crippen LogP contribution in [0.2, 0.25) is 0 Å². The predicted octanol–water partition coefficient (Wildman–Crippen LogP) is 2.22. The standard InChI is InChI=1S/C14H16N2O3S/c1-7(17)15-14-16-10-6-5-9(12(19)13(10)20-14)11(18)8-3-2-4-8/h8-9H,2-6H2,1H3,(H,15,16,17). The summed E-state index contributed by atoms with van der Waals surface area (Å²) in [7, 11) is 0. The normalized spacial score (nSPS) is 22.1. The van der Waals surface area contributed by atoms with Crippen LogP contribution in [0.4, 0.5) is 5.13 Å². The van der Waals surface area contributed by atoms with Gasteiger partial charge in [-0.1, -0.05) is 17.8 Å². The minimum absolute atomic E-state index is 0.0910. The Morgan fingerprint density at radius 3 is 2.65 bits per heavy atom. The van der Waals surface area contributed by atoms with Crippen molar-refractivity contribution in [1.82, 2.24) is 4.98 Å². The van der Waals surface area contributed by atoms with Gasteiger partial charge in [-0.3, -0.25) is 14.4 Å². The van der Waals surface area contributed by atoms with E-state index in [9.17, 15) is 14.4 Å². The average molecular weight is 292 g/mol. The summed E-state index contributed by atoms with van der Waals surface area (Å²) in [5.74, 6) is -0.587. The van der Waals surface area contributed by atoms with Crippen molar-refractivity contribution in [2.75, 3.05) is 5.32 Å². The summed E-state index contributed by atoms with van der Waals surface area (Å²) in [5, 5.41) is 3.05. The number of nitrogens with zero attached hydrogens (tertiary/aromatic N) is 1. The van der Waals surface area contributed by atoms with Crippen LogP contribution in [0, 0.1) is 11.8 Å². The zero-order valence-electron chi connectivity index (χ0n) is 11.3. The van der Waals surface area contributed by atoms with Crippen molar-refractivity contribution in [3.8, 4) is 0 Å². The Labute approximate surface area is 120 Å². The number of carbonyl (C=O) groups excluding carboxylic acids is 3. The molecule has 1 unspecified atom stereocenters. The maximum atomic E-state index is 12.4. The molecule has 0 aliphatic heterocycles. The number of aromatic nitrogens is 1. The number of rotatable bonds is 3. The predicted molar refractivity (Wildman–Crippen MR) is 74.9 cm³/mol. The first-order chi connectivity index (χ1) is 9.56. The highest BCUT2D eigenvalue weighted by Crippen LogP contribution is 2.37. The molecule has 1 heterocycles. The molecule has 5 nitrogen and oxygen atoms in total. The number of anilines is 1. The second-order valence-electron chi connectivity index (χ2n) is 5.46. The second-order valence-corrected chi connectivity index (χ2v) is 6.46. The van der Waals surface area contributed by atoms with E-state index in [1.165, 1.54) is 18.3 Å². The SMILES string of the molecule is CC(=O)Nc1nc2c(s1)C(=O)C(C(=O)C1CCC1)CC2. The molecule has 1 aromatic heterocycles. The Bertz CT molecular complexity index is 589. The molecule has 0 aromatic carbocycles.